The van der Waals surface area contributed by atoms with Crippen LogP contribution in [-0.2, 0) is 22.4 Å². The van der Waals surface area contributed by atoms with Crippen molar-refractivity contribution in [3.8, 4) is 11.3 Å². The zero-order valence-electron chi connectivity index (χ0n) is 16.6. The third-order valence-corrected chi connectivity index (χ3v) is 6.91. The van der Waals surface area contributed by atoms with Gasteiger partial charge in [-0.05, 0) is 44.2 Å². The number of carbonyl (C=O) groups excluding carboxylic acids is 2. The lowest BCUT2D eigenvalue weighted by Gasteiger charge is -2.11. The number of carbonyl (C=O) groups is 2. The van der Waals surface area contributed by atoms with Gasteiger partial charge >= 0.3 is 5.97 Å². The number of ether oxygens (including phenoxy) is 1. The number of fused-ring (bicyclic) bond motifs is 1. The number of esters is 1. The number of nitro benzene ring substituents is 1. The maximum atomic E-state index is 12.5. The zero-order valence-corrected chi connectivity index (χ0v) is 18.3. The van der Waals surface area contributed by atoms with Gasteiger partial charge in [-0.25, -0.2) is 9.78 Å². The van der Waals surface area contributed by atoms with Gasteiger partial charge < -0.3 is 4.74 Å². The summed E-state index contributed by atoms with van der Waals surface area (Å²) < 4.78 is 5.34. The van der Waals surface area contributed by atoms with E-state index in [-0.39, 0.29) is 5.69 Å². The lowest BCUT2D eigenvalue weighted by molar-refractivity contribution is -0.384. The Labute approximate surface area is 186 Å². The number of non-ortho nitro benzene ring substituents is 1. The van der Waals surface area contributed by atoms with Crippen molar-refractivity contribution < 1.29 is 19.2 Å². The molecule has 31 heavy (non-hydrogen) atoms. The van der Waals surface area contributed by atoms with Gasteiger partial charge in [0.2, 0.25) is 0 Å². The Morgan fingerprint density at radius 1 is 1.26 bits per heavy atom. The minimum atomic E-state index is -0.989. The Morgan fingerprint density at radius 3 is 2.84 bits per heavy atom. The molecule has 1 aliphatic carbocycles. The van der Waals surface area contributed by atoms with Crippen molar-refractivity contribution in [1.29, 1.82) is 0 Å². The highest BCUT2D eigenvalue weighted by molar-refractivity contribution is 7.14. The van der Waals surface area contributed by atoms with Crippen LogP contribution in [0.4, 0.5) is 10.8 Å². The number of aryl methyl sites for hydroxylation is 2. The third kappa shape index (κ3) is 4.80. The van der Waals surface area contributed by atoms with Gasteiger partial charge in [-0.15, -0.1) is 22.7 Å². The number of thiophene rings is 1. The summed E-state index contributed by atoms with van der Waals surface area (Å²) in [7, 11) is 0. The second-order valence-corrected chi connectivity index (χ2v) is 9.14. The molecular formula is C21H19N3O5S2. The Hall–Kier alpha value is -3.11. The molecule has 1 atom stereocenters. The molecule has 0 saturated heterocycles. The van der Waals surface area contributed by atoms with Gasteiger partial charge in [-0.2, -0.15) is 0 Å². The van der Waals surface area contributed by atoms with Gasteiger partial charge in [-0.1, -0.05) is 12.1 Å². The summed E-state index contributed by atoms with van der Waals surface area (Å²) >= 11 is 2.63. The van der Waals surface area contributed by atoms with Crippen molar-refractivity contribution in [3.05, 3.63) is 61.1 Å². The molecule has 1 aliphatic rings. The number of hydrogen-bond donors (Lipinski definition) is 1. The van der Waals surface area contributed by atoms with E-state index in [1.165, 1.54) is 52.2 Å². The summed E-state index contributed by atoms with van der Waals surface area (Å²) in [5, 5.41) is 15.6. The van der Waals surface area contributed by atoms with Crippen molar-refractivity contribution in [2.24, 2.45) is 0 Å². The number of thiazole rings is 1. The van der Waals surface area contributed by atoms with Gasteiger partial charge in [0.25, 0.3) is 11.6 Å². The number of aromatic nitrogens is 1. The Morgan fingerprint density at radius 2 is 2.06 bits per heavy atom. The van der Waals surface area contributed by atoms with Gasteiger partial charge in [0.15, 0.2) is 11.2 Å². The van der Waals surface area contributed by atoms with Gasteiger partial charge in [-0.3, -0.25) is 20.2 Å². The highest BCUT2D eigenvalue weighted by atomic mass is 32.1. The number of benzene rings is 1. The number of rotatable bonds is 6. The molecule has 2 aromatic heterocycles. The molecule has 0 radical (unpaired) electrons. The highest BCUT2D eigenvalue weighted by Crippen LogP contribution is 2.30. The fraction of sp³-hybridized carbons (Fsp3) is 0.286. The van der Waals surface area contributed by atoms with E-state index < -0.39 is 22.9 Å². The molecule has 160 valence electrons. The summed E-state index contributed by atoms with van der Waals surface area (Å²) in [6.07, 6.45) is 3.24. The average Bonchev–Trinajstić information content (AvgIpc) is 3.40. The molecule has 0 spiro atoms. The quantitative estimate of drug-likeness (QED) is 0.322. The summed E-state index contributed by atoms with van der Waals surface area (Å²) in [6.45, 7) is 1.51. The van der Waals surface area contributed by atoms with E-state index in [9.17, 15) is 19.7 Å². The predicted octanol–water partition coefficient (Wildman–Crippen LogP) is 4.84. The number of nitro groups is 1. The molecule has 0 saturated carbocycles. The van der Waals surface area contributed by atoms with Crippen LogP contribution in [0.25, 0.3) is 11.3 Å². The minimum Gasteiger partial charge on any atom is -0.448 e. The molecule has 10 heteroatoms. The first-order chi connectivity index (χ1) is 14.9. The summed E-state index contributed by atoms with van der Waals surface area (Å²) in [4.78, 5) is 41.4. The third-order valence-electron chi connectivity index (χ3n) is 4.94. The van der Waals surface area contributed by atoms with Crippen molar-refractivity contribution in [1.82, 2.24) is 4.98 Å². The number of hydrogen-bond acceptors (Lipinski definition) is 8. The number of nitrogens with zero attached hydrogens (tertiary/aromatic N) is 2. The first kappa shape index (κ1) is 21.1. The molecule has 1 amide bonds. The smallest absolute Gasteiger partial charge is 0.349 e. The van der Waals surface area contributed by atoms with Crippen molar-refractivity contribution in [2.75, 3.05) is 5.32 Å². The fourth-order valence-corrected chi connectivity index (χ4v) is 5.17. The number of anilines is 1. The van der Waals surface area contributed by atoms with Gasteiger partial charge in [0, 0.05) is 28.0 Å². The van der Waals surface area contributed by atoms with E-state index >= 15 is 0 Å². The van der Waals surface area contributed by atoms with Gasteiger partial charge in [0.1, 0.15) is 4.88 Å². The number of amides is 1. The molecular weight excluding hydrogens is 438 g/mol. The molecule has 2 heterocycles. The molecule has 1 N–H and O–H groups in total. The molecule has 0 bridgehead atoms. The second-order valence-electron chi connectivity index (χ2n) is 7.15. The SMILES string of the molecule is CC(OC(=O)c1cc2c(s1)CCCC2)C(=O)Nc1nc(-c2cccc([N+](=O)[O-])c2)cs1. The summed E-state index contributed by atoms with van der Waals surface area (Å²) in [6, 6.07) is 7.98. The van der Waals surface area contributed by atoms with Crippen LogP contribution in [-0.4, -0.2) is 27.9 Å². The van der Waals surface area contributed by atoms with Crippen LogP contribution in [0, 0.1) is 10.1 Å². The van der Waals surface area contributed by atoms with Crippen LogP contribution in [0.3, 0.4) is 0 Å². The zero-order chi connectivity index (χ0) is 22.0. The topological polar surface area (TPSA) is 111 Å². The molecule has 0 fully saturated rings. The monoisotopic (exact) mass is 457 g/mol. The largest absolute Gasteiger partial charge is 0.448 e. The van der Waals surface area contributed by atoms with E-state index in [0.717, 1.165) is 25.7 Å². The predicted molar refractivity (Wildman–Crippen MR) is 119 cm³/mol. The van der Waals surface area contributed by atoms with E-state index in [2.05, 4.69) is 10.3 Å². The van der Waals surface area contributed by atoms with Crippen LogP contribution < -0.4 is 5.32 Å². The minimum absolute atomic E-state index is 0.0353. The molecule has 1 unspecified atom stereocenters. The Balaban J connectivity index is 1.38. The second kappa shape index (κ2) is 8.94. The highest BCUT2D eigenvalue weighted by Gasteiger charge is 2.23. The standard InChI is InChI=1S/C21H19N3O5S2/c1-12(29-20(26)18-10-14-5-2-3-8-17(14)31-18)19(25)23-21-22-16(11-30-21)13-6-4-7-15(9-13)24(27)28/h4,6-7,9-12H,2-3,5,8H2,1H3,(H,22,23,25). The molecule has 1 aromatic carbocycles. The van der Waals surface area contributed by atoms with E-state index in [0.29, 0.717) is 21.3 Å². The lowest BCUT2D eigenvalue weighted by Crippen LogP contribution is -2.29. The van der Waals surface area contributed by atoms with E-state index in [1.807, 2.05) is 6.07 Å². The van der Waals surface area contributed by atoms with Crippen molar-refractivity contribution in [3.63, 3.8) is 0 Å². The first-order valence-electron chi connectivity index (χ1n) is 9.74. The number of nitrogens with one attached hydrogen (secondary N) is 1. The summed E-state index contributed by atoms with van der Waals surface area (Å²) in [5.74, 6) is -0.993. The van der Waals surface area contributed by atoms with E-state index in [4.69, 9.17) is 4.74 Å². The van der Waals surface area contributed by atoms with E-state index in [1.54, 1.807) is 17.5 Å². The maximum absolute atomic E-state index is 12.5. The normalized spacial score (nSPS) is 13.8. The lowest BCUT2D eigenvalue weighted by atomic mass is 9.99. The Bertz CT molecular complexity index is 1130. The van der Waals surface area contributed by atoms with Crippen LogP contribution >= 0.6 is 22.7 Å². The van der Waals surface area contributed by atoms with Crippen LogP contribution in [0.5, 0.6) is 0 Å². The molecule has 4 rings (SSSR count). The summed E-state index contributed by atoms with van der Waals surface area (Å²) in [5.41, 5.74) is 2.26. The Kier molecular flexibility index (Phi) is 6.10. The molecule has 3 aromatic rings. The van der Waals surface area contributed by atoms with Crippen LogP contribution in [0.15, 0.2) is 35.7 Å². The van der Waals surface area contributed by atoms with Crippen molar-refractivity contribution in [2.45, 2.75) is 38.7 Å². The molecule has 8 nitrogen and oxygen atoms in total. The maximum Gasteiger partial charge on any atom is 0.349 e. The fourth-order valence-electron chi connectivity index (χ4n) is 3.31. The van der Waals surface area contributed by atoms with Gasteiger partial charge in [0.05, 0.1) is 10.6 Å². The average molecular weight is 458 g/mol. The first-order valence-corrected chi connectivity index (χ1v) is 11.4. The van der Waals surface area contributed by atoms with Crippen molar-refractivity contribution >= 4 is 45.4 Å². The molecule has 0 aliphatic heterocycles. The van der Waals surface area contributed by atoms with Crippen LogP contribution in [0.1, 0.15) is 39.9 Å². The van der Waals surface area contributed by atoms with Crippen LogP contribution in [0.2, 0.25) is 0 Å².